The van der Waals surface area contributed by atoms with E-state index in [0.29, 0.717) is 12.5 Å². The van der Waals surface area contributed by atoms with Crippen LogP contribution in [0.3, 0.4) is 0 Å². The summed E-state index contributed by atoms with van der Waals surface area (Å²) in [5.74, 6) is 0.368. The lowest BCUT2D eigenvalue weighted by molar-refractivity contribution is 0.113. The van der Waals surface area contributed by atoms with Crippen molar-refractivity contribution in [2.45, 2.75) is 31.9 Å². The van der Waals surface area contributed by atoms with Gasteiger partial charge in [0, 0.05) is 26.0 Å². The van der Waals surface area contributed by atoms with Crippen molar-refractivity contribution in [3.05, 3.63) is 48.3 Å². The predicted molar refractivity (Wildman–Crippen MR) is 91.9 cm³/mol. The maximum atomic E-state index is 12.2. The number of amides is 2. The summed E-state index contributed by atoms with van der Waals surface area (Å²) in [6.45, 7) is 2.33. The van der Waals surface area contributed by atoms with E-state index in [0.717, 1.165) is 24.1 Å². The lowest BCUT2D eigenvalue weighted by Crippen LogP contribution is -2.42. The topological polar surface area (TPSA) is 70.4 Å². The molecule has 2 atom stereocenters. The van der Waals surface area contributed by atoms with E-state index >= 15 is 0 Å². The van der Waals surface area contributed by atoms with E-state index in [1.807, 2.05) is 43.5 Å². The van der Waals surface area contributed by atoms with Crippen LogP contribution in [-0.4, -0.2) is 45.5 Å². The van der Waals surface area contributed by atoms with Crippen LogP contribution < -0.4 is 5.32 Å². The van der Waals surface area contributed by atoms with Crippen molar-refractivity contribution in [1.29, 1.82) is 0 Å². The molecule has 24 heavy (non-hydrogen) atoms. The number of nitrogens with one attached hydrogen (secondary N) is 1. The molecule has 6 nitrogen and oxygen atoms in total. The molecule has 1 aliphatic carbocycles. The fourth-order valence-corrected chi connectivity index (χ4v) is 2.71. The molecule has 2 aromatic rings. The van der Waals surface area contributed by atoms with Crippen LogP contribution in [0.5, 0.6) is 0 Å². The maximum absolute atomic E-state index is 12.2. The molecule has 0 saturated heterocycles. The third kappa shape index (κ3) is 3.94. The van der Waals surface area contributed by atoms with Gasteiger partial charge in [0.25, 0.3) is 0 Å². The number of aliphatic hydroxyl groups excluding tert-OH is 1. The third-order valence-corrected chi connectivity index (χ3v) is 4.48. The van der Waals surface area contributed by atoms with Gasteiger partial charge in [0.05, 0.1) is 17.8 Å². The van der Waals surface area contributed by atoms with E-state index in [-0.39, 0.29) is 12.1 Å². The van der Waals surface area contributed by atoms with Gasteiger partial charge in [-0.25, -0.2) is 9.48 Å². The summed E-state index contributed by atoms with van der Waals surface area (Å²) in [4.78, 5) is 13.8. The molecule has 0 aliphatic heterocycles. The number of urea groups is 1. The monoisotopic (exact) mass is 328 g/mol. The van der Waals surface area contributed by atoms with E-state index in [9.17, 15) is 9.90 Å². The molecule has 2 amide bonds. The number of carbonyl (C=O) groups is 1. The highest BCUT2D eigenvalue weighted by molar-refractivity contribution is 5.74. The molecule has 1 aliphatic rings. The molecular weight excluding hydrogens is 304 g/mol. The minimum atomic E-state index is -0.413. The summed E-state index contributed by atoms with van der Waals surface area (Å²) in [7, 11) is 1.72. The third-order valence-electron chi connectivity index (χ3n) is 4.48. The quantitative estimate of drug-likeness (QED) is 0.855. The first-order chi connectivity index (χ1) is 11.5. The molecule has 0 bridgehead atoms. The van der Waals surface area contributed by atoms with Crippen molar-refractivity contribution < 1.29 is 9.90 Å². The van der Waals surface area contributed by atoms with Gasteiger partial charge in [0.15, 0.2) is 0 Å². The maximum Gasteiger partial charge on any atom is 0.317 e. The molecule has 2 N–H and O–H groups in total. The van der Waals surface area contributed by atoms with Crippen LogP contribution in [0, 0.1) is 5.92 Å². The first-order valence-electron chi connectivity index (χ1n) is 8.34. The summed E-state index contributed by atoms with van der Waals surface area (Å²) in [5, 5.41) is 17.1. The molecule has 128 valence electrons. The van der Waals surface area contributed by atoms with E-state index in [2.05, 4.69) is 10.4 Å². The molecule has 2 unspecified atom stereocenters. The van der Waals surface area contributed by atoms with Crippen LogP contribution in [0.15, 0.2) is 42.7 Å². The number of aromatic nitrogens is 2. The van der Waals surface area contributed by atoms with Gasteiger partial charge < -0.3 is 15.3 Å². The number of benzene rings is 1. The Morgan fingerprint density at radius 3 is 2.71 bits per heavy atom. The van der Waals surface area contributed by atoms with Crippen LogP contribution in [-0.2, 0) is 0 Å². The van der Waals surface area contributed by atoms with E-state index in [1.54, 1.807) is 22.8 Å². The Morgan fingerprint density at radius 1 is 1.42 bits per heavy atom. The van der Waals surface area contributed by atoms with Gasteiger partial charge in [-0.15, -0.1) is 0 Å². The zero-order valence-corrected chi connectivity index (χ0v) is 14.1. The van der Waals surface area contributed by atoms with Gasteiger partial charge in [-0.1, -0.05) is 12.1 Å². The van der Waals surface area contributed by atoms with Gasteiger partial charge in [0.2, 0.25) is 0 Å². The van der Waals surface area contributed by atoms with Crippen molar-refractivity contribution in [2.75, 3.05) is 13.6 Å². The average molecular weight is 328 g/mol. The zero-order chi connectivity index (χ0) is 17.1. The fraction of sp³-hybridized carbons (Fsp3) is 0.444. The van der Waals surface area contributed by atoms with Gasteiger partial charge in [-0.05, 0) is 49.4 Å². The number of nitrogens with zero attached hydrogens (tertiary/aromatic N) is 3. The molecular formula is C18H24N4O2. The summed E-state index contributed by atoms with van der Waals surface area (Å²) in [6, 6.07) is 9.53. The normalized spacial score (nSPS) is 16.5. The molecule has 6 heteroatoms. The average Bonchev–Trinajstić information content (AvgIpc) is 3.29. The van der Waals surface area contributed by atoms with Gasteiger partial charge >= 0.3 is 6.03 Å². The van der Waals surface area contributed by atoms with E-state index in [1.165, 1.54) is 0 Å². The lowest BCUT2D eigenvalue weighted by atomic mass is 10.1. The molecule has 0 radical (unpaired) electrons. The largest absolute Gasteiger partial charge is 0.391 e. The number of aliphatic hydroxyl groups is 1. The van der Waals surface area contributed by atoms with E-state index < -0.39 is 6.10 Å². The second-order valence-corrected chi connectivity index (χ2v) is 6.50. The van der Waals surface area contributed by atoms with Gasteiger partial charge in [-0.3, -0.25) is 0 Å². The highest BCUT2D eigenvalue weighted by Crippen LogP contribution is 2.32. The van der Waals surface area contributed by atoms with Crippen LogP contribution in [0.1, 0.15) is 31.4 Å². The molecule has 1 fully saturated rings. The minimum Gasteiger partial charge on any atom is -0.391 e. The van der Waals surface area contributed by atoms with Crippen molar-refractivity contribution in [3.8, 4) is 5.69 Å². The van der Waals surface area contributed by atoms with Crippen LogP contribution in [0.2, 0.25) is 0 Å². The Balaban J connectivity index is 1.55. The molecule has 1 aromatic heterocycles. The number of likely N-dealkylation sites (N-methyl/N-ethyl adjacent to an activating group) is 1. The lowest BCUT2D eigenvalue weighted by Gasteiger charge is -2.24. The molecule has 0 spiro atoms. The van der Waals surface area contributed by atoms with Crippen molar-refractivity contribution in [2.24, 2.45) is 5.92 Å². The Bertz CT molecular complexity index is 665. The zero-order valence-electron chi connectivity index (χ0n) is 14.1. The summed E-state index contributed by atoms with van der Waals surface area (Å²) in [6.07, 6.45) is 5.35. The molecule has 1 heterocycles. The highest BCUT2D eigenvalue weighted by atomic mass is 16.3. The number of carbonyl (C=O) groups excluding carboxylic acids is 1. The summed E-state index contributed by atoms with van der Waals surface area (Å²) >= 11 is 0. The van der Waals surface area contributed by atoms with Crippen molar-refractivity contribution in [3.63, 3.8) is 0 Å². The highest BCUT2D eigenvalue weighted by Gasteiger charge is 2.31. The molecule has 3 rings (SSSR count). The Labute approximate surface area is 142 Å². The number of hydrogen-bond donors (Lipinski definition) is 2. The number of hydrogen-bond acceptors (Lipinski definition) is 3. The van der Waals surface area contributed by atoms with Crippen LogP contribution in [0.25, 0.3) is 5.69 Å². The molecule has 1 saturated carbocycles. The van der Waals surface area contributed by atoms with Gasteiger partial charge in [-0.2, -0.15) is 5.10 Å². The summed E-state index contributed by atoms with van der Waals surface area (Å²) < 4.78 is 1.79. The predicted octanol–water partition coefficient (Wildman–Crippen LogP) is 2.35. The minimum absolute atomic E-state index is 0.107. The first kappa shape index (κ1) is 16.5. The first-order valence-corrected chi connectivity index (χ1v) is 8.34. The Morgan fingerprint density at radius 2 is 2.12 bits per heavy atom. The Kier molecular flexibility index (Phi) is 4.85. The standard InChI is InChI=1S/C18H24N4O2/c1-13(20-18(24)21(2)12-17(23)15-4-5-15)14-6-8-16(9-7-14)22-11-3-10-19-22/h3,6-11,13,15,17,23H,4-5,12H2,1-2H3,(H,20,24). The van der Waals surface area contributed by atoms with Crippen molar-refractivity contribution in [1.82, 2.24) is 20.0 Å². The Hall–Kier alpha value is -2.34. The second kappa shape index (κ2) is 7.05. The van der Waals surface area contributed by atoms with E-state index in [4.69, 9.17) is 0 Å². The fourth-order valence-electron chi connectivity index (χ4n) is 2.71. The smallest absolute Gasteiger partial charge is 0.317 e. The van der Waals surface area contributed by atoms with Gasteiger partial charge in [0.1, 0.15) is 0 Å². The van der Waals surface area contributed by atoms with Crippen molar-refractivity contribution >= 4 is 6.03 Å². The SMILES string of the molecule is CC(NC(=O)N(C)CC(O)C1CC1)c1ccc(-n2cccn2)cc1. The summed E-state index contributed by atoms with van der Waals surface area (Å²) in [5.41, 5.74) is 2.00. The number of rotatable bonds is 6. The van der Waals surface area contributed by atoms with Crippen LogP contribution >= 0.6 is 0 Å². The van der Waals surface area contributed by atoms with Crippen LogP contribution in [0.4, 0.5) is 4.79 Å². The second-order valence-electron chi connectivity index (χ2n) is 6.50. The molecule has 1 aromatic carbocycles.